The Morgan fingerprint density at radius 3 is 2.40 bits per heavy atom. The molecule has 30 heavy (non-hydrogen) atoms. The number of nitrogens with two attached hydrogens (primary N) is 2. The molecule has 5 nitrogen and oxygen atoms in total. The molecule has 152 valence electrons. The van der Waals surface area contributed by atoms with Crippen LogP contribution in [0.25, 0.3) is 0 Å². The molecule has 0 aromatic heterocycles. The maximum absolute atomic E-state index is 13.4. The maximum atomic E-state index is 13.4. The third-order valence-electron chi connectivity index (χ3n) is 5.31. The van der Waals surface area contributed by atoms with Crippen molar-refractivity contribution >= 4 is 11.6 Å². The molecule has 1 aliphatic rings. The summed E-state index contributed by atoms with van der Waals surface area (Å²) >= 11 is 0. The average Bonchev–Trinajstić information content (AvgIpc) is 2.99. The van der Waals surface area contributed by atoms with Crippen molar-refractivity contribution in [3.63, 3.8) is 0 Å². The van der Waals surface area contributed by atoms with Crippen molar-refractivity contribution in [1.82, 2.24) is 5.01 Å². The van der Waals surface area contributed by atoms with Crippen LogP contribution in [0.5, 0.6) is 0 Å². The van der Waals surface area contributed by atoms with Gasteiger partial charge in [0, 0.05) is 17.6 Å². The molecular formula is C25H26N4O. The molecule has 5 heteroatoms. The summed E-state index contributed by atoms with van der Waals surface area (Å²) in [6, 6.07) is 25.9. The molecule has 1 heterocycles. The van der Waals surface area contributed by atoms with Gasteiger partial charge in [-0.2, -0.15) is 0 Å². The summed E-state index contributed by atoms with van der Waals surface area (Å²) in [4.78, 5) is 15.1. The van der Waals surface area contributed by atoms with Gasteiger partial charge in [0.15, 0.2) is 0 Å². The smallest absolute Gasteiger partial charge is 0.239 e. The fraction of sp³-hybridized carbons (Fsp3) is 0.160. The number of amides is 1. The van der Waals surface area contributed by atoms with E-state index in [4.69, 9.17) is 11.6 Å². The molecule has 3 aromatic rings. The number of carbonyl (C=O) groups is 1. The van der Waals surface area contributed by atoms with Crippen LogP contribution in [0.2, 0.25) is 0 Å². The summed E-state index contributed by atoms with van der Waals surface area (Å²) in [6.07, 6.45) is 1.70. The first-order valence-corrected chi connectivity index (χ1v) is 10.0. The number of carbonyl (C=O) groups excluding carboxylic acids is 1. The first-order valence-electron chi connectivity index (χ1n) is 10.0. The summed E-state index contributed by atoms with van der Waals surface area (Å²) < 4.78 is 0. The number of hydrogen-bond donors (Lipinski definition) is 2. The van der Waals surface area contributed by atoms with Crippen LogP contribution in [0.1, 0.15) is 28.2 Å². The highest BCUT2D eigenvalue weighted by molar-refractivity contribution is 6.07. The van der Waals surface area contributed by atoms with Crippen molar-refractivity contribution in [3.05, 3.63) is 113 Å². The van der Waals surface area contributed by atoms with Gasteiger partial charge >= 0.3 is 0 Å². The number of aryl methyl sites for hydroxylation is 1. The van der Waals surface area contributed by atoms with Crippen LogP contribution in [-0.4, -0.2) is 17.5 Å². The summed E-state index contributed by atoms with van der Waals surface area (Å²) in [5.41, 5.74) is 12.0. The normalized spacial score (nSPS) is 15.9. The second-order valence-corrected chi connectivity index (χ2v) is 7.69. The Balaban J connectivity index is 1.57. The van der Waals surface area contributed by atoms with Crippen molar-refractivity contribution in [1.29, 1.82) is 0 Å². The van der Waals surface area contributed by atoms with Gasteiger partial charge in [0.2, 0.25) is 5.91 Å². The van der Waals surface area contributed by atoms with Gasteiger partial charge in [-0.1, -0.05) is 78.4 Å². The second kappa shape index (κ2) is 8.43. The first kappa shape index (κ1) is 19.7. The average molecular weight is 399 g/mol. The number of hydrogen-bond acceptors (Lipinski definition) is 4. The van der Waals surface area contributed by atoms with Crippen LogP contribution < -0.4 is 16.5 Å². The number of benzene rings is 3. The van der Waals surface area contributed by atoms with Gasteiger partial charge < -0.3 is 15.6 Å². The molecule has 0 radical (unpaired) electrons. The fourth-order valence-electron chi connectivity index (χ4n) is 3.97. The third-order valence-corrected chi connectivity index (χ3v) is 5.31. The number of hydrazine groups is 1. The van der Waals surface area contributed by atoms with E-state index in [0.29, 0.717) is 18.8 Å². The van der Waals surface area contributed by atoms with E-state index in [1.54, 1.807) is 16.1 Å². The molecule has 1 atom stereocenters. The zero-order valence-corrected chi connectivity index (χ0v) is 17.0. The van der Waals surface area contributed by atoms with Crippen molar-refractivity contribution in [2.45, 2.75) is 19.4 Å². The molecule has 3 aromatic carbocycles. The monoisotopic (exact) mass is 398 g/mol. The minimum absolute atomic E-state index is 0.0322. The van der Waals surface area contributed by atoms with Crippen LogP contribution in [0.4, 0.5) is 5.69 Å². The largest absolute Gasteiger partial charge is 0.399 e. The minimum atomic E-state index is -0.313. The molecule has 0 spiro atoms. The first-order chi connectivity index (χ1) is 14.5. The molecule has 4 rings (SSSR count). The Kier molecular flexibility index (Phi) is 5.55. The summed E-state index contributed by atoms with van der Waals surface area (Å²) in [7, 11) is 0. The van der Waals surface area contributed by atoms with E-state index in [2.05, 4.69) is 6.07 Å². The number of fused-ring (bicyclic) bond motifs is 1. The molecule has 0 fully saturated rings. The summed E-state index contributed by atoms with van der Waals surface area (Å²) in [6.45, 7) is 2.87. The van der Waals surface area contributed by atoms with Crippen molar-refractivity contribution in [3.8, 4) is 0 Å². The zero-order valence-electron chi connectivity index (χ0n) is 17.0. The molecule has 4 N–H and O–H groups in total. The van der Waals surface area contributed by atoms with Crippen LogP contribution in [-0.2, 0) is 11.3 Å². The van der Waals surface area contributed by atoms with Gasteiger partial charge in [-0.15, -0.1) is 0 Å². The Morgan fingerprint density at radius 2 is 1.70 bits per heavy atom. The Morgan fingerprint density at radius 1 is 1.03 bits per heavy atom. The predicted molar refractivity (Wildman–Crippen MR) is 120 cm³/mol. The van der Waals surface area contributed by atoms with E-state index in [0.717, 1.165) is 27.9 Å². The van der Waals surface area contributed by atoms with Crippen LogP contribution in [0, 0.1) is 6.92 Å². The molecule has 0 aliphatic carbocycles. The van der Waals surface area contributed by atoms with Gasteiger partial charge in [0.1, 0.15) is 0 Å². The quantitative estimate of drug-likeness (QED) is 0.491. The summed E-state index contributed by atoms with van der Waals surface area (Å²) in [5, 5.41) is 1.55. The van der Waals surface area contributed by atoms with Gasteiger partial charge in [-0.3, -0.25) is 4.79 Å². The van der Waals surface area contributed by atoms with Gasteiger partial charge in [0.05, 0.1) is 19.0 Å². The van der Waals surface area contributed by atoms with E-state index in [1.165, 1.54) is 0 Å². The third kappa shape index (κ3) is 4.07. The molecule has 1 amide bonds. The predicted octanol–water partition coefficient (Wildman–Crippen LogP) is 3.65. The van der Waals surface area contributed by atoms with E-state index in [1.807, 2.05) is 79.7 Å². The molecule has 0 saturated heterocycles. The molecule has 0 saturated carbocycles. The van der Waals surface area contributed by atoms with Crippen molar-refractivity contribution in [2.75, 3.05) is 11.4 Å². The molecule has 1 aliphatic heterocycles. The van der Waals surface area contributed by atoms with Crippen molar-refractivity contribution in [2.24, 2.45) is 11.6 Å². The SMILES string of the molecule is Cc1ccc2c(c1)[C@@H](c1ccccc1)C(=O)N2C/C(N)=C/N(N)Cc1ccccc1. The van der Waals surface area contributed by atoms with Gasteiger partial charge in [-0.05, 0) is 29.7 Å². The minimum Gasteiger partial charge on any atom is -0.399 e. The molecule has 0 bridgehead atoms. The highest BCUT2D eigenvalue weighted by atomic mass is 16.2. The lowest BCUT2D eigenvalue weighted by Gasteiger charge is -2.20. The lowest BCUT2D eigenvalue weighted by molar-refractivity contribution is -0.118. The Bertz CT molecular complexity index is 1060. The summed E-state index contributed by atoms with van der Waals surface area (Å²) in [5.74, 6) is 5.84. The highest BCUT2D eigenvalue weighted by Crippen LogP contribution is 2.41. The fourth-order valence-corrected chi connectivity index (χ4v) is 3.97. The Labute approximate surface area is 177 Å². The lowest BCUT2D eigenvalue weighted by atomic mass is 9.92. The number of anilines is 1. The van der Waals surface area contributed by atoms with Crippen molar-refractivity contribution < 1.29 is 4.79 Å². The zero-order chi connectivity index (χ0) is 21.1. The number of rotatable bonds is 6. The van der Waals surface area contributed by atoms with Crippen LogP contribution in [0.3, 0.4) is 0 Å². The number of nitrogens with zero attached hydrogens (tertiary/aromatic N) is 2. The highest BCUT2D eigenvalue weighted by Gasteiger charge is 2.38. The van der Waals surface area contributed by atoms with Gasteiger partial charge in [0.25, 0.3) is 0 Å². The standard InChI is InChI=1S/C25H26N4O/c1-18-12-13-23-22(14-18)24(20-10-6-3-7-11-20)25(30)29(23)17-21(26)16-28(27)15-19-8-4-2-5-9-19/h2-14,16,24H,15,17,26-27H2,1H3/b21-16-/t24-/m1/s1. The van der Waals surface area contributed by atoms with E-state index in [-0.39, 0.29) is 11.8 Å². The van der Waals surface area contributed by atoms with E-state index in [9.17, 15) is 4.79 Å². The lowest BCUT2D eigenvalue weighted by Crippen LogP contribution is -2.34. The maximum Gasteiger partial charge on any atom is 0.239 e. The topological polar surface area (TPSA) is 75.6 Å². The van der Waals surface area contributed by atoms with E-state index < -0.39 is 0 Å². The molecular weight excluding hydrogens is 372 g/mol. The Hall–Kier alpha value is -3.57. The van der Waals surface area contributed by atoms with Crippen LogP contribution >= 0.6 is 0 Å². The second-order valence-electron chi connectivity index (χ2n) is 7.69. The van der Waals surface area contributed by atoms with Gasteiger partial charge in [-0.25, -0.2) is 5.84 Å². The van der Waals surface area contributed by atoms with E-state index >= 15 is 0 Å². The van der Waals surface area contributed by atoms with Crippen LogP contribution in [0.15, 0.2) is 90.8 Å². The molecule has 0 unspecified atom stereocenters.